The molecule has 0 atom stereocenters. The molecule has 0 aromatic carbocycles. The van der Waals surface area contributed by atoms with Crippen molar-refractivity contribution in [3.8, 4) is 0 Å². The van der Waals surface area contributed by atoms with Crippen LogP contribution < -0.4 is 0 Å². The molecule has 2 aliphatic heterocycles. The summed E-state index contributed by atoms with van der Waals surface area (Å²) in [4.78, 5) is 30.5. The van der Waals surface area contributed by atoms with E-state index in [1.54, 1.807) is 6.07 Å². The lowest BCUT2D eigenvalue weighted by Gasteiger charge is -2.29. The van der Waals surface area contributed by atoms with E-state index in [4.69, 9.17) is 9.15 Å². The van der Waals surface area contributed by atoms with E-state index in [0.717, 1.165) is 19.5 Å². The van der Waals surface area contributed by atoms with E-state index in [2.05, 4.69) is 4.90 Å². The largest absolute Gasteiger partial charge is 0.472 e. The third kappa shape index (κ3) is 4.11. The summed E-state index contributed by atoms with van der Waals surface area (Å²) in [5.74, 6) is 0.156. The highest BCUT2D eigenvalue weighted by Gasteiger charge is 2.24. The minimum atomic E-state index is 0.0000980. The lowest BCUT2D eigenvalue weighted by atomic mass is 10.3. The number of carbonyl (C=O) groups excluding carboxylic acids is 2. The van der Waals surface area contributed by atoms with Crippen LogP contribution in [0.4, 0.5) is 0 Å². The fourth-order valence-corrected chi connectivity index (χ4v) is 3.00. The molecule has 0 N–H and O–H groups in total. The van der Waals surface area contributed by atoms with Gasteiger partial charge in [0.05, 0.1) is 31.6 Å². The van der Waals surface area contributed by atoms with Crippen LogP contribution in [0.5, 0.6) is 0 Å². The molecule has 1 aromatic heterocycles. The summed E-state index contributed by atoms with van der Waals surface area (Å²) in [6, 6.07) is 1.69. The van der Waals surface area contributed by atoms with Gasteiger partial charge in [-0.25, -0.2) is 0 Å². The second-order valence-electron chi connectivity index (χ2n) is 5.93. The molecule has 0 aliphatic carbocycles. The highest BCUT2D eigenvalue weighted by atomic mass is 16.5. The molecule has 126 valence electrons. The average Bonchev–Trinajstić information content (AvgIpc) is 3.02. The first kappa shape index (κ1) is 16.0. The Morgan fingerprint density at radius 2 is 1.83 bits per heavy atom. The van der Waals surface area contributed by atoms with Gasteiger partial charge in [-0.3, -0.25) is 14.5 Å². The number of hydrogen-bond donors (Lipinski definition) is 0. The molecule has 23 heavy (non-hydrogen) atoms. The molecule has 2 amide bonds. The summed E-state index contributed by atoms with van der Waals surface area (Å²) in [6.07, 6.45) is 3.87. The number of carbonyl (C=O) groups is 2. The summed E-state index contributed by atoms with van der Waals surface area (Å²) >= 11 is 0. The maximum Gasteiger partial charge on any atom is 0.257 e. The number of hydrogen-bond acceptors (Lipinski definition) is 5. The molecule has 3 rings (SSSR count). The van der Waals surface area contributed by atoms with Crippen molar-refractivity contribution in [1.29, 1.82) is 0 Å². The van der Waals surface area contributed by atoms with E-state index in [9.17, 15) is 9.59 Å². The first-order valence-corrected chi connectivity index (χ1v) is 8.13. The SMILES string of the molecule is O=C(CN1CCCN(C(=O)c2ccoc2)CC1)N1CCOCC1. The Labute approximate surface area is 135 Å². The van der Waals surface area contributed by atoms with Crippen molar-refractivity contribution in [2.45, 2.75) is 6.42 Å². The molecule has 2 fully saturated rings. The van der Waals surface area contributed by atoms with Crippen LogP contribution in [-0.4, -0.2) is 85.5 Å². The van der Waals surface area contributed by atoms with Gasteiger partial charge >= 0.3 is 0 Å². The smallest absolute Gasteiger partial charge is 0.257 e. The van der Waals surface area contributed by atoms with Crippen molar-refractivity contribution < 1.29 is 18.7 Å². The van der Waals surface area contributed by atoms with Crippen LogP contribution in [0.2, 0.25) is 0 Å². The molecule has 0 spiro atoms. The van der Waals surface area contributed by atoms with Gasteiger partial charge in [0.25, 0.3) is 5.91 Å². The highest BCUT2D eigenvalue weighted by molar-refractivity contribution is 5.93. The first-order valence-electron chi connectivity index (χ1n) is 8.13. The van der Waals surface area contributed by atoms with Gasteiger partial charge in [-0.2, -0.15) is 0 Å². The van der Waals surface area contributed by atoms with Gasteiger partial charge < -0.3 is 19.0 Å². The molecule has 7 nitrogen and oxygen atoms in total. The van der Waals surface area contributed by atoms with E-state index >= 15 is 0 Å². The zero-order valence-corrected chi connectivity index (χ0v) is 13.3. The Bertz CT molecular complexity index is 525. The summed E-state index contributed by atoms with van der Waals surface area (Å²) < 4.78 is 10.3. The molecule has 3 heterocycles. The van der Waals surface area contributed by atoms with Crippen LogP contribution in [0.3, 0.4) is 0 Å². The maximum atomic E-state index is 12.3. The zero-order valence-electron chi connectivity index (χ0n) is 13.3. The lowest BCUT2D eigenvalue weighted by molar-refractivity contribution is -0.136. The van der Waals surface area contributed by atoms with Crippen molar-refractivity contribution in [2.75, 3.05) is 59.0 Å². The fraction of sp³-hybridized carbons (Fsp3) is 0.625. The van der Waals surface area contributed by atoms with Gasteiger partial charge in [0.2, 0.25) is 5.91 Å². The van der Waals surface area contributed by atoms with Crippen LogP contribution in [0, 0.1) is 0 Å². The predicted molar refractivity (Wildman–Crippen MR) is 83.1 cm³/mol. The molecule has 0 bridgehead atoms. The number of nitrogens with zero attached hydrogens (tertiary/aromatic N) is 3. The Hall–Kier alpha value is -1.86. The summed E-state index contributed by atoms with van der Waals surface area (Å²) in [5.41, 5.74) is 0.586. The molecule has 7 heteroatoms. The van der Waals surface area contributed by atoms with E-state index in [1.165, 1.54) is 12.5 Å². The number of furan rings is 1. The number of amides is 2. The van der Waals surface area contributed by atoms with Crippen LogP contribution in [0.25, 0.3) is 0 Å². The van der Waals surface area contributed by atoms with Crippen LogP contribution in [-0.2, 0) is 9.53 Å². The fourth-order valence-electron chi connectivity index (χ4n) is 3.00. The minimum Gasteiger partial charge on any atom is -0.472 e. The van der Waals surface area contributed by atoms with Crippen molar-refractivity contribution in [1.82, 2.24) is 14.7 Å². The Morgan fingerprint density at radius 1 is 1.00 bits per heavy atom. The molecule has 1 aromatic rings. The third-order valence-electron chi connectivity index (χ3n) is 4.37. The topological polar surface area (TPSA) is 66.2 Å². The maximum absolute atomic E-state index is 12.3. The molecule has 2 aliphatic rings. The predicted octanol–water partition coefficient (Wildman–Crippen LogP) is 0.286. The highest BCUT2D eigenvalue weighted by Crippen LogP contribution is 2.10. The van der Waals surface area contributed by atoms with Crippen molar-refractivity contribution in [2.24, 2.45) is 0 Å². The van der Waals surface area contributed by atoms with Gasteiger partial charge in [-0.05, 0) is 12.5 Å². The zero-order chi connectivity index (χ0) is 16.1. The second kappa shape index (κ2) is 7.61. The van der Waals surface area contributed by atoms with E-state index in [0.29, 0.717) is 51.5 Å². The summed E-state index contributed by atoms with van der Waals surface area (Å²) in [7, 11) is 0. The lowest BCUT2D eigenvalue weighted by Crippen LogP contribution is -2.46. The average molecular weight is 321 g/mol. The normalized spacial score (nSPS) is 20.3. The van der Waals surface area contributed by atoms with Crippen molar-refractivity contribution in [3.63, 3.8) is 0 Å². The third-order valence-corrected chi connectivity index (χ3v) is 4.37. The van der Waals surface area contributed by atoms with Gasteiger partial charge in [0.1, 0.15) is 6.26 Å². The first-order chi connectivity index (χ1) is 11.2. The van der Waals surface area contributed by atoms with Gasteiger partial charge in [-0.15, -0.1) is 0 Å². The quantitative estimate of drug-likeness (QED) is 0.800. The molecular formula is C16H23N3O4. The Morgan fingerprint density at radius 3 is 2.57 bits per heavy atom. The minimum absolute atomic E-state index is 0.0000980. The molecule has 0 saturated carbocycles. The number of morpholine rings is 1. The van der Waals surface area contributed by atoms with Crippen molar-refractivity contribution in [3.05, 3.63) is 24.2 Å². The number of rotatable bonds is 3. The van der Waals surface area contributed by atoms with Gasteiger partial charge in [-0.1, -0.05) is 0 Å². The Kier molecular flexibility index (Phi) is 5.30. The molecule has 0 unspecified atom stereocenters. The monoisotopic (exact) mass is 321 g/mol. The van der Waals surface area contributed by atoms with Crippen LogP contribution >= 0.6 is 0 Å². The number of ether oxygens (including phenoxy) is 1. The Balaban J connectivity index is 1.50. The molecule has 0 radical (unpaired) electrons. The van der Waals surface area contributed by atoms with E-state index in [-0.39, 0.29) is 11.8 Å². The molecular weight excluding hydrogens is 298 g/mol. The van der Waals surface area contributed by atoms with E-state index < -0.39 is 0 Å². The van der Waals surface area contributed by atoms with Gasteiger partial charge in [0, 0.05) is 39.3 Å². The van der Waals surface area contributed by atoms with E-state index in [1.807, 2.05) is 9.80 Å². The van der Waals surface area contributed by atoms with Crippen molar-refractivity contribution >= 4 is 11.8 Å². The second-order valence-corrected chi connectivity index (χ2v) is 5.93. The van der Waals surface area contributed by atoms with Crippen LogP contribution in [0.15, 0.2) is 23.0 Å². The van der Waals surface area contributed by atoms with Crippen LogP contribution in [0.1, 0.15) is 16.8 Å². The molecule has 2 saturated heterocycles. The van der Waals surface area contributed by atoms with Gasteiger partial charge in [0.15, 0.2) is 0 Å². The summed E-state index contributed by atoms with van der Waals surface area (Å²) in [6.45, 7) is 5.94. The standard InChI is InChI=1S/C16H23N3O4/c20-15(18-7-10-22-11-8-18)12-17-3-1-4-19(6-5-17)16(21)14-2-9-23-13-14/h2,9,13H,1,3-8,10-12H2. The summed E-state index contributed by atoms with van der Waals surface area (Å²) in [5, 5.41) is 0.